The molecule has 6 heteroatoms. The van der Waals surface area contributed by atoms with E-state index >= 15 is 0 Å². The molecule has 0 atom stereocenters. The second kappa shape index (κ2) is 7.00. The van der Waals surface area contributed by atoms with Crippen LogP contribution >= 0.6 is 0 Å². The molecule has 126 valence electrons. The van der Waals surface area contributed by atoms with Crippen LogP contribution in [0.25, 0.3) is 21.9 Å². The van der Waals surface area contributed by atoms with Crippen molar-refractivity contribution in [2.45, 2.75) is 6.92 Å². The maximum absolute atomic E-state index is 11.6. The summed E-state index contributed by atoms with van der Waals surface area (Å²) in [6, 6.07) is 14.0. The number of urea groups is 1. The van der Waals surface area contributed by atoms with E-state index in [9.17, 15) is 9.59 Å². The molecule has 0 aliphatic heterocycles. The molecule has 0 bridgehead atoms. The molecular formula is C19H17N3O3. The summed E-state index contributed by atoms with van der Waals surface area (Å²) in [7, 11) is 0. The summed E-state index contributed by atoms with van der Waals surface area (Å²) >= 11 is 0. The van der Waals surface area contributed by atoms with Gasteiger partial charge in [-0.2, -0.15) is 0 Å². The number of nitrogens with zero attached hydrogens (tertiary/aromatic N) is 1. The highest BCUT2D eigenvalue weighted by Crippen LogP contribution is 2.29. The summed E-state index contributed by atoms with van der Waals surface area (Å²) < 4.78 is 0. The Bertz CT molecular complexity index is 936. The third kappa shape index (κ3) is 3.58. The van der Waals surface area contributed by atoms with E-state index in [0.29, 0.717) is 12.4 Å². The molecule has 3 aromatic rings. The first kappa shape index (κ1) is 16.4. The minimum atomic E-state index is -0.952. The van der Waals surface area contributed by atoms with Crippen molar-refractivity contribution in [1.82, 2.24) is 10.3 Å². The van der Waals surface area contributed by atoms with E-state index in [-0.39, 0.29) is 11.6 Å². The van der Waals surface area contributed by atoms with Crippen molar-refractivity contribution in [2.75, 3.05) is 11.9 Å². The molecule has 0 fully saturated rings. The smallest absolute Gasteiger partial charge is 0.335 e. The number of aromatic nitrogens is 1. The van der Waals surface area contributed by atoms with E-state index in [2.05, 4.69) is 15.6 Å². The lowest BCUT2D eigenvalue weighted by Crippen LogP contribution is -2.28. The molecule has 2 aromatic carbocycles. The summed E-state index contributed by atoms with van der Waals surface area (Å²) in [5.74, 6) is -0.482. The molecule has 2 amide bonds. The van der Waals surface area contributed by atoms with Crippen LogP contribution in [-0.4, -0.2) is 28.6 Å². The van der Waals surface area contributed by atoms with Gasteiger partial charge < -0.3 is 10.4 Å². The lowest BCUT2D eigenvalue weighted by molar-refractivity contribution is 0.0697. The lowest BCUT2D eigenvalue weighted by Gasteiger charge is -2.09. The highest BCUT2D eigenvalue weighted by atomic mass is 16.4. The van der Waals surface area contributed by atoms with E-state index in [1.165, 1.54) is 0 Å². The Morgan fingerprint density at radius 3 is 2.56 bits per heavy atom. The van der Waals surface area contributed by atoms with Crippen molar-refractivity contribution in [3.8, 4) is 11.1 Å². The van der Waals surface area contributed by atoms with Crippen LogP contribution in [0.3, 0.4) is 0 Å². The maximum Gasteiger partial charge on any atom is 0.335 e. The first-order valence-electron chi connectivity index (χ1n) is 7.86. The average molecular weight is 335 g/mol. The molecule has 0 radical (unpaired) electrons. The molecule has 0 saturated heterocycles. The average Bonchev–Trinajstić information content (AvgIpc) is 2.61. The van der Waals surface area contributed by atoms with E-state index in [1.54, 1.807) is 36.5 Å². The molecule has 3 N–H and O–H groups in total. The summed E-state index contributed by atoms with van der Waals surface area (Å²) in [4.78, 5) is 26.9. The third-order valence-electron chi connectivity index (χ3n) is 3.79. The molecule has 0 unspecified atom stereocenters. The van der Waals surface area contributed by atoms with Gasteiger partial charge in [0.25, 0.3) is 0 Å². The second-order valence-corrected chi connectivity index (χ2v) is 5.46. The van der Waals surface area contributed by atoms with Crippen LogP contribution in [0, 0.1) is 0 Å². The predicted molar refractivity (Wildman–Crippen MR) is 96.8 cm³/mol. The molecule has 6 nitrogen and oxygen atoms in total. The Hall–Kier alpha value is -3.41. The minimum absolute atomic E-state index is 0.246. The summed E-state index contributed by atoms with van der Waals surface area (Å²) in [6.45, 7) is 2.38. The fraction of sp³-hybridized carbons (Fsp3) is 0.105. The SMILES string of the molecule is CCNC(=O)Nc1cc2cccc(-c3ccc(C(=O)O)cc3)c2cn1. The third-order valence-corrected chi connectivity index (χ3v) is 3.79. The van der Waals surface area contributed by atoms with Gasteiger partial charge in [0.15, 0.2) is 0 Å². The topological polar surface area (TPSA) is 91.3 Å². The monoisotopic (exact) mass is 335 g/mol. The summed E-state index contributed by atoms with van der Waals surface area (Å²) in [6.07, 6.45) is 1.71. The molecule has 1 aromatic heterocycles. The van der Waals surface area contributed by atoms with Gasteiger partial charge in [0.05, 0.1) is 5.56 Å². The van der Waals surface area contributed by atoms with Crippen LogP contribution in [0.4, 0.5) is 10.6 Å². The standard InChI is InChI=1S/C19H17N3O3/c1-2-20-19(25)22-17-10-14-4-3-5-15(16(14)11-21-17)12-6-8-13(9-7-12)18(23)24/h3-11H,2H2,1H3,(H,23,24)(H2,20,21,22,25). The zero-order chi connectivity index (χ0) is 17.8. The van der Waals surface area contributed by atoms with Crippen LogP contribution in [0.5, 0.6) is 0 Å². The predicted octanol–water partition coefficient (Wildman–Crippen LogP) is 3.74. The fourth-order valence-electron chi connectivity index (χ4n) is 2.61. The number of rotatable bonds is 4. The number of carbonyl (C=O) groups is 2. The van der Waals surface area contributed by atoms with Crippen LogP contribution in [-0.2, 0) is 0 Å². The molecule has 0 aliphatic rings. The number of fused-ring (bicyclic) bond motifs is 1. The first-order chi connectivity index (χ1) is 12.1. The van der Waals surface area contributed by atoms with Crippen LogP contribution in [0.1, 0.15) is 17.3 Å². The Labute approximate surface area is 144 Å². The van der Waals surface area contributed by atoms with Crippen molar-refractivity contribution in [1.29, 1.82) is 0 Å². The number of hydrogen-bond acceptors (Lipinski definition) is 3. The first-order valence-corrected chi connectivity index (χ1v) is 7.86. The Morgan fingerprint density at radius 1 is 1.12 bits per heavy atom. The second-order valence-electron chi connectivity index (χ2n) is 5.46. The van der Waals surface area contributed by atoms with Crippen molar-refractivity contribution < 1.29 is 14.7 Å². The van der Waals surface area contributed by atoms with Gasteiger partial charge in [-0.3, -0.25) is 5.32 Å². The van der Waals surface area contributed by atoms with Gasteiger partial charge in [-0.05, 0) is 41.6 Å². The lowest BCUT2D eigenvalue weighted by atomic mass is 9.99. The number of carboxylic acid groups (broad SMARTS) is 1. The number of hydrogen-bond donors (Lipinski definition) is 3. The molecule has 25 heavy (non-hydrogen) atoms. The van der Waals surface area contributed by atoms with Crippen LogP contribution in [0.2, 0.25) is 0 Å². The molecular weight excluding hydrogens is 318 g/mol. The van der Waals surface area contributed by atoms with E-state index in [4.69, 9.17) is 5.11 Å². The van der Waals surface area contributed by atoms with Gasteiger partial charge in [0, 0.05) is 18.1 Å². The zero-order valence-corrected chi connectivity index (χ0v) is 13.6. The largest absolute Gasteiger partial charge is 0.478 e. The van der Waals surface area contributed by atoms with E-state index < -0.39 is 5.97 Å². The number of benzene rings is 2. The van der Waals surface area contributed by atoms with Crippen molar-refractivity contribution in [3.63, 3.8) is 0 Å². The number of carbonyl (C=O) groups excluding carboxylic acids is 1. The minimum Gasteiger partial charge on any atom is -0.478 e. The Morgan fingerprint density at radius 2 is 1.88 bits per heavy atom. The Kier molecular flexibility index (Phi) is 4.61. The number of nitrogens with one attached hydrogen (secondary N) is 2. The van der Waals surface area contributed by atoms with Crippen molar-refractivity contribution in [2.24, 2.45) is 0 Å². The van der Waals surface area contributed by atoms with Gasteiger partial charge >= 0.3 is 12.0 Å². The molecule has 1 heterocycles. The van der Waals surface area contributed by atoms with Gasteiger partial charge in [-0.25, -0.2) is 14.6 Å². The highest BCUT2D eigenvalue weighted by Gasteiger charge is 2.08. The number of pyridine rings is 1. The van der Waals surface area contributed by atoms with Crippen LogP contribution < -0.4 is 10.6 Å². The normalized spacial score (nSPS) is 10.4. The van der Waals surface area contributed by atoms with Crippen molar-refractivity contribution in [3.05, 3.63) is 60.3 Å². The fourth-order valence-corrected chi connectivity index (χ4v) is 2.61. The van der Waals surface area contributed by atoms with Crippen LogP contribution in [0.15, 0.2) is 54.7 Å². The number of carboxylic acids is 1. The molecule has 3 rings (SSSR count). The molecule has 0 spiro atoms. The van der Waals surface area contributed by atoms with E-state index in [0.717, 1.165) is 21.9 Å². The van der Waals surface area contributed by atoms with Gasteiger partial charge in [-0.1, -0.05) is 30.3 Å². The van der Waals surface area contributed by atoms with E-state index in [1.807, 2.05) is 25.1 Å². The quantitative estimate of drug-likeness (QED) is 0.677. The highest BCUT2D eigenvalue weighted by molar-refractivity contribution is 5.99. The number of amides is 2. The maximum atomic E-state index is 11.6. The van der Waals surface area contributed by atoms with Gasteiger partial charge in [0.1, 0.15) is 5.82 Å². The summed E-state index contributed by atoms with van der Waals surface area (Å²) in [5, 5.41) is 16.2. The molecule has 0 aliphatic carbocycles. The van der Waals surface area contributed by atoms with Gasteiger partial charge in [-0.15, -0.1) is 0 Å². The Balaban J connectivity index is 1.97. The number of anilines is 1. The number of aromatic carboxylic acids is 1. The molecule has 0 saturated carbocycles. The zero-order valence-electron chi connectivity index (χ0n) is 13.6. The van der Waals surface area contributed by atoms with Gasteiger partial charge in [0.2, 0.25) is 0 Å². The van der Waals surface area contributed by atoms with Crippen molar-refractivity contribution >= 4 is 28.6 Å². The summed E-state index contributed by atoms with van der Waals surface area (Å²) in [5.41, 5.74) is 2.10.